The molecular weight excluding hydrogens is 501 g/mol. The maximum absolute atomic E-state index is 14.8. The number of hydrogen-bond acceptors (Lipinski definition) is 4. The van der Waals surface area contributed by atoms with Crippen molar-refractivity contribution in [3.8, 4) is 5.75 Å². The summed E-state index contributed by atoms with van der Waals surface area (Å²) in [6.45, 7) is 1.04. The maximum Gasteiger partial charge on any atom is 0.425 e. The van der Waals surface area contributed by atoms with E-state index in [-0.39, 0.29) is 30.6 Å². The van der Waals surface area contributed by atoms with E-state index in [2.05, 4.69) is 10.6 Å². The van der Waals surface area contributed by atoms with Gasteiger partial charge in [0, 0.05) is 31.7 Å². The lowest BCUT2D eigenvalue weighted by Gasteiger charge is -2.22. The second-order valence-corrected chi connectivity index (χ2v) is 8.30. The number of aliphatic hydroxyl groups excluding tert-OH is 1. The third-order valence-electron chi connectivity index (χ3n) is 5.35. The molecule has 2 unspecified atom stereocenters. The van der Waals surface area contributed by atoms with Gasteiger partial charge in [0.05, 0.1) is 22.0 Å². The number of urea groups is 1. The Morgan fingerprint density at radius 2 is 1.94 bits per heavy atom. The van der Waals surface area contributed by atoms with Crippen molar-refractivity contribution in [3.63, 3.8) is 0 Å². The predicted molar refractivity (Wildman–Crippen MR) is 118 cm³/mol. The van der Waals surface area contributed by atoms with Crippen LogP contribution in [-0.4, -0.2) is 53.9 Å². The van der Waals surface area contributed by atoms with Gasteiger partial charge in [0.1, 0.15) is 17.4 Å². The van der Waals surface area contributed by atoms with Crippen LogP contribution in [0, 0.1) is 17.6 Å². The van der Waals surface area contributed by atoms with Crippen LogP contribution in [0.25, 0.3) is 0 Å². The molecule has 3 amide bonds. The second kappa shape index (κ2) is 10.6. The van der Waals surface area contributed by atoms with E-state index in [0.29, 0.717) is 19.4 Å². The number of anilines is 2. The number of para-hydroxylation sites is 1. The molecule has 0 aliphatic carbocycles. The first-order chi connectivity index (χ1) is 16.4. The molecule has 2 aromatic rings. The topological polar surface area (TPSA) is 90.9 Å². The van der Waals surface area contributed by atoms with E-state index >= 15 is 0 Å². The molecule has 2 aromatic carbocycles. The molecule has 7 nitrogen and oxygen atoms in total. The summed E-state index contributed by atoms with van der Waals surface area (Å²) in [6, 6.07) is 4.09. The third kappa shape index (κ3) is 6.31. The normalized spacial score (nSPS) is 16.7. The van der Waals surface area contributed by atoms with Crippen LogP contribution in [-0.2, 0) is 0 Å². The van der Waals surface area contributed by atoms with E-state index in [1.54, 1.807) is 0 Å². The molecule has 1 aliphatic heterocycles. The summed E-state index contributed by atoms with van der Waals surface area (Å²) in [5, 5.41) is 13.4. The van der Waals surface area contributed by atoms with Gasteiger partial charge in [-0.15, -0.1) is 0 Å². The molecule has 0 bridgehead atoms. The zero-order valence-corrected chi connectivity index (χ0v) is 19.0. The number of hydrogen-bond donors (Lipinski definition) is 3. The number of amides is 3. The number of aliphatic hydroxyl groups is 1. The van der Waals surface area contributed by atoms with E-state index in [1.165, 1.54) is 17.0 Å². The van der Waals surface area contributed by atoms with Gasteiger partial charge in [0.25, 0.3) is 5.91 Å². The highest BCUT2D eigenvalue weighted by Gasteiger charge is 2.39. The molecule has 3 N–H and O–H groups in total. The molecule has 0 saturated carbocycles. The van der Waals surface area contributed by atoms with Gasteiger partial charge in [-0.1, -0.05) is 17.7 Å². The van der Waals surface area contributed by atoms with Crippen molar-refractivity contribution < 1.29 is 41.4 Å². The number of carbonyl (C=O) groups excluding carboxylic acids is 2. The van der Waals surface area contributed by atoms with Crippen LogP contribution in [0.15, 0.2) is 30.3 Å². The summed E-state index contributed by atoms with van der Waals surface area (Å²) in [4.78, 5) is 26.5. The first kappa shape index (κ1) is 26.5. The average molecular weight is 522 g/mol. The smallest absolute Gasteiger partial charge is 0.425 e. The Morgan fingerprint density at radius 3 is 2.54 bits per heavy atom. The highest BCUT2D eigenvalue weighted by Crippen LogP contribution is 2.33. The number of alkyl halides is 3. The van der Waals surface area contributed by atoms with Gasteiger partial charge in [0.2, 0.25) is 0 Å². The molecule has 1 heterocycles. The van der Waals surface area contributed by atoms with Crippen molar-refractivity contribution in [2.24, 2.45) is 5.92 Å². The van der Waals surface area contributed by atoms with Crippen LogP contribution >= 0.6 is 11.6 Å². The predicted octanol–water partition coefficient (Wildman–Crippen LogP) is 5.05. The number of likely N-dealkylation sites (tertiary alicyclic amines) is 1. The van der Waals surface area contributed by atoms with Gasteiger partial charge < -0.3 is 25.4 Å². The van der Waals surface area contributed by atoms with Crippen molar-refractivity contribution in [2.75, 3.05) is 30.3 Å². The van der Waals surface area contributed by atoms with E-state index in [9.17, 15) is 36.6 Å². The molecule has 13 heteroatoms. The molecule has 0 radical (unpaired) electrons. The molecule has 1 aliphatic rings. The van der Waals surface area contributed by atoms with Crippen molar-refractivity contribution >= 4 is 34.9 Å². The lowest BCUT2D eigenvalue weighted by molar-refractivity contribution is -0.189. The van der Waals surface area contributed by atoms with E-state index in [4.69, 9.17) is 16.3 Å². The summed E-state index contributed by atoms with van der Waals surface area (Å²) in [6.07, 6.45) is -6.69. The minimum absolute atomic E-state index is 0.138. The summed E-state index contributed by atoms with van der Waals surface area (Å²) < 4.78 is 73.1. The fourth-order valence-electron chi connectivity index (χ4n) is 3.34. The number of carbonyl (C=O) groups is 2. The maximum atomic E-state index is 14.8. The van der Waals surface area contributed by atoms with Crippen LogP contribution in [0.2, 0.25) is 5.02 Å². The van der Waals surface area contributed by atoms with Crippen LogP contribution in [0.3, 0.4) is 0 Å². The highest BCUT2D eigenvalue weighted by atomic mass is 35.5. The summed E-state index contributed by atoms with van der Waals surface area (Å²) >= 11 is 5.87. The van der Waals surface area contributed by atoms with E-state index in [0.717, 1.165) is 12.1 Å². The SMILES string of the molecule is CC(Oc1cc(NC(=O)N2CCC(CO)C2)c(F)cc1C(=O)Nc1c(F)cccc1Cl)C(F)(F)F. The molecule has 2 atom stereocenters. The van der Waals surface area contributed by atoms with Crippen LogP contribution < -0.4 is 15.4 Å². The number of rotatable bonds is 6. The Morgan fingerprint density at radius 1 is 1.23 bits per heavy atom. The lowest BCUT2D eigenvalue weighted by atomic mass is 10.1. The zero-order chi connectivity index (χ0) is 25.9. The van der Waals surface area contributed by atoms with Crippen LogP contribution in [0.4, 0.5) is 38.1 Å². The standard InChI is InChI=1S/C22H21ClF5N3O4/c1-11(22(26,27)28)35-18-8-17(29-21(34)31-6-5-12(9-31)10-32)16(25)7-13(18)20(33)30-19-14(23)3-2-4-15(19)24/h2-4,7-8,11-12,32H,5-6,9-10H2,1H3,(H,29,34)(H,30,33). The van der Waals surface area contributed by atoms with Gasteiger partial charge in [0.15, 0.2) is 6.10 Å². The molecule has 35 heavy (non-hydrogen) atoms. The first-order valence-corrected chi connectivity index (χ1v) is 10.8. The largest absolute Gasteiger partial charge is 0.480 e. The second-order valence-electron chi connectivity index (χ2n) is 7.89. The Balaban J connectivity index is 1.93. The molecular formula is C22H21ClF5N3O4. The monoisotopic (exact) mass is 521 g/mol. The molecule has 1 saturated heterocycles. The zero-order valence-electron chi connectivity index (χ0n) is 18.3. The number of nitrogens with one attached hydrogen (secondary N) is 2. The van der Waals surface area contributed by atoms with Crippen molar-refractivity contribution in [1.29, 1.82) is 0 Å². The third-order valence-corrected chi connectivity index (χ3v) is 5.67. The molecule has 0 aromatic heterocycles. The number of halogens is 6. The first-order valence-electron chi connectivity index (χ1n) is 10.4. The molecule has 190 valence electrons. The Hall–Kier alpha value is -3.12. The van der Waals surface area contributed by atoms with Gasteiger partial charge in [-0.25, -0.2) is 13.6 Å². The molecule has 3 rings (SSSR count). The quantitative estimate of drug-likeness (QED) is 0.464. The molecule has 1 fully saturated rings. The van der Waals surface area contributed by atoms with Crippen molar-refractivity contribution in [2.45, 2.75) is 25.6 Å². The average Bonchev–Trinajstić information content (AvgIpc) is 3.27. The Labute approximate surface area is 201 Å². The van der Waals surface area contributed by atoms with E-state index in [1.807, 2.05) is 0 Å². The summed E-state index contributed by atoms with van der Waals surface area (Å²) in [7, 11) is 0. The summed E-state index contributed by atoms with van der Waals surface area (Å²) in [5.74, 6) is -4.11. The fraction of sp³-hybridized carbons (Fsp3) is 0.364. The van der Waals surface area contributed by atoms with Crippen LogP contribution in [0.5, 0.6) is 5.75 Å². The lowest BCUT2D eigenvalue weighted by Crippen LogP contribution is -2.34. The van der Waals surface area contributed by atoms with Crippen molar-refractivity contribution in [1.82, 2.24) is 4.90 Å². The Bertz CT molecular complexity index is 1090. The van der Waals surface area contributed by atoms with Gasteiger partial charge in [-0.3, -0.25) is 4.79 Å². The Kier molecular flexibility index (Phi) is 8.06. The minimum atomic E-state index is -4.82. The highest BCUT2D eigenvalue weighted by molar-refractivity contribution is 6.34. The number of nitrogens with zero attached hydrogens (tertiary/aromatic N) is 1. The van der Waals surface area contributed by atoms with Gasteiger partial charge in [-0.05, 0) is 31.5 Å². The van der Waals surface area contributed by atoms with Gasteiger partial charge >= 0.3 is 12.2 Å². The van der Waals surface area contributed by atoms with Crippen LogP contribution in [0.1, 0.15) is 23.7 Å². The van der Waals surface area contributed by atoms with Crippen molar-refractivity contribution in [3.05, 3.63) is 52.6 Å². The summed E-state index contributed by atoms with van der Waals surface area (Å²) in [5.41, 5.74) is -1.68. The van der Waals surface area contributed by atoms with E-state index < -0.39 is 58.5 Å². The minimum Gasteiger partial charge on any atom is -0.480 e. The number of ether oxygens (including phenoxy) is 1. The number of benzene rings is 2. The van der Waals surface area contributed by atoms with Gasteiger partial charge in [-0.2, -0.15) is 13.2 Å². The molecule has 0 spiro atoms. The fourth-order valence-corrected chi connectivity index (χ4v) is 3.55.